The van der Waals surface area contributed by atoms with Gasteiger partial charge in [0, 0.05) is 5.02 Å². The molecular formula is C22H16ClFN6O2. The summed E-state index contributed by atoms with van der Waals surface area (Å²) in [7, 11) is 0. The SMILES string of the molecule is O=c1[nH]c2cnc(-n3cnc4ccc(Cl)cc43)nc2n1C1CC[C@@H](O)c2ccc(F)cc21. The van der Waals surface area contributed by atoms with Gasteiger partial charge in [0.05, 0.1) is 29.4 Å². The van der Waals surface area contributed by atoms with Crippen molar-refractivity contribution in [3.8, 4) is 5.95 Å². The molecule has 5 aromatic rings. The summed E-state index contributed by atoms with van der Waals surface area (Å²) in [6, 6.07) is 9.12. The zero-order valence-electron chi connectivity index (χ0n) is 16.5. The molecule has 2 N–H and O–H groups in total. The molecule has 32 heavy (non-hydrogen) atoms. The average Bonchev–Trinajstić information content (AvgIpc) is 3.33. The van der Waals surface area contributed by atoms with Crippen molar-refractivity contribution < 1.29 is 9.50 Å². The molecule has 0 spiro atoms. The molecule has 0 aliphatic heterocycles. The number of nitrogens with zero attached hydrogens (tertiary/aromatic N) is 5. The van der Waals surface area contributed by atoms with Gasteiger partial charge in [-0.1, -0.05) is 17.7 Å². The first-order valence-electron chi connectivity index (χ1n) is 10.1. The Labute approximate surface area is 185 Å². The van der Waals surface area contributed by atoms with Gasteiger partial charge in [0.15, 0.2) is 5.65 Å². The van der Waals surface area contributed by atoms with Crippen LogP contribution in [-0.4, -0.2) is 34.2 Å². The van der Waals surface area contributed by atoms with Gasteiger partial charge in [0.2, 0.25) is 5.95 Å². The van der Waals surface area contributed by atoms with Crippen molar-refractivity contribution in [1.82, 2.24) is 29.1 Å². The van der Waals surface area contributed by atoms with Crippen LogP contribution in [0.5, 0.6) is 0 Å². The number of benzene rings is 2. The van der Waals surface area contributed by atoms with Gasteiger partial charge in [-0.2, -0.15) is 4.98 Å². The van der Waals surface area contributed by atoms with E-state index in [-0.39, 0.29) is 5.69 Å². The van der Waals surface area contributed by atoms with Gasteiger partial charge in [-0.3, -0.25) is 9.13 Å². The van der Waals surface area contributed by atoms with Crippen molar-refractivity contribution in [3.63, 3.8) is 0 Å². The van der Waals surface area contributed by atoms with Gasteiger partial charge >= 0.3 is 5.69 Å². The van der Waals surface area contributed by atoms with Crippen LogP contribution in [0, 0.1) is 5.82 Å². The topological polar surface area (TPSA) is 102 Å². The van der Waals surface area contributed by atoms with Crippen LogP contribution >= 0.6 is 11.6 Å². The van der Waals surface area contributed by atoms with Crippen LogP contribution in [0.1, 0.15) is 36.1 Å². The molecule has 0 saturated carbocycles. The molecule has 1 unspecified atom stereocenters. The number of H-pyrrole nitrogens is 1. The van der Waals surface area contributed by atoms with E-state index >= 15 is 0 Å². The monoisotopic (exact) mass is 450 g/mol. The molecule has 0 radical (unpaired) electrons. The summed E-state index contributed by atoms with van der Waals surface area (Å²) in [5, 5.41) is 10.9. The highest BCUT2D eigenvalue weighted by molar-refractivity contribution is 6.31. The molecule has 2 aromatic carbocycles. The molecule has 0 amide bonds. The maximum Gasteiger partial charge on any atom is 0.328 e. The summed E-state index contributed by atoms with van der Waals surface area (Å²) in [4.78, 5) is 29.1. The van der Waals surface area contributed by atoms with E-state index in [1.807, 2.05) is 0 Å². The first kappa shape index (κ1) is 19.1. The summed E-state index contributed by atoms with van der Waals surface area (Å²) in [6.07, 6.45) is 3.35. The Balaban J connectivity index is 1.56. The van der Waals surface area contributed by atoms with Crippen molar-refractivity contribution in [2.45, 2.75) is 25.0 Å². The third-order valence-corrected chi connectivity index (χ3v) is 6.20. The number of imidazole rings is 2. The number of nitrogens with one attached hydrogen (secondary N) is 1. The lowest BCUT2D eigenvalue weighted by Gasteiger charge is -2.29. The molecule has 8 nitrogen and oxygen atoms in total. The number of aromatic nitrogens is 6. The highest BCUT2D eigenvalue weighted by atomic mass is 35.5. The quantitative estimate of drug-likeness (QED) is 0.427. The average molecular weight is 451 g/mol. The summed E-state index contributed by atoms with van der Waals surface area (Å²) in [5.41, 5.74) is 3.14. The Morgan fingerprint density at radius 1 is 1.12 bits per heavy atom. The number of aliphatic hydroxyl groups is 1. The molecular weight excluding hydrogens is 435 g/mol. The van der Waals surface area contributed by atoms with Crippen LogP contribution in [0.2, 0.25) is 5.02 Å². The van der Waals surface area contributed by atoms with Gasteiger partial charge in [0.1, 0.15) is 17.7 Å². The molecule has 160 valence electrons. The largest absolute Gasteiger partial charge is 0.388 e. The van der Waals surface area contributed by atoms with Crippen molar-refractivity contribution >= 4 is 33.8 Å². The Hall–Kier alpha value is -3.56. The van der Waals surface area contributed by atoms with E-state index in [0.717, 1.165) is 11.0 Å². The minimum Gasteiger partial charge on any atom is -0.388 e. The summed E-state index contributed by atoms with van der Waals surface area (Å²) >= 11 is 6.15. The Kier molecular flexibility index (Phi) is 4.17. The molecule has 3 aromatic heterocycles. The fourth-order valence-corrected chi connectivity index (χ4v) is 4.65. The summed E-state index contributed by atoms with van der Waals surface area (Å²) in [5.74, 6) is -0.0989. The summed E-state index contributed by atoms with van der Waals surface area (Å²) < 4.78 is 17.3. The highest BCUT2D eigenvalue weighted by Gasteiger charge is 2.30. The van der Waals surface area contributed by atoms with Crippen LogP contribution in [-0.2, 0) is 0 Å². The lowest BCUT2D eigenvalue weighted by Crippen LogP contribution is -2.28. The van der Waals surface area contributed by atoms with E-state index in [0.29, 0.717) is 46.1 Å². The van der Waals surface area contributed by atoms with Gasteiger partial charge in [-0.05, 0) is 54.3 Å². The maximum absolute atomic E-state index is 14.1. The van der Waals surface area contributed by atoms with E-state index in [2.05, 4.69) is 19.9 Å². The van der Waals surface area contributed by atoms with Crippen molar-refractivity contribution in [3.05, 3.63) is 81.4 Å². The first-order valence-corrected chi connectivity index (χ1v) is 10.4. The van der Waals surface area contributed by atoms with Crippen molar-refractivity contribution in [1.29, 1.82) is 0 Å². The van der Waals surface area contributed by atoms with Crippen molar-refractivity contribution in [2.24, 2.45) is 0 Å². The van der Waals surface area contributed by atoms with Crippen molar-refractivity contribution in [2.75, 3.05) is 0 Å². The van der Waals surface area contributed by atoms with Gasteiger partial charge in [-0.15, -0.1) is 0 Å². The molecule has 10 heteroatoms. The molecule has 0 fully saturated rings. The molecule has 3 heterocycles. The number of rotatable bonds is 2. The zero-order valence-corrected chi connectivity index (χ0v) is 17.3. The van der Waals surface area contributed by atoms with E-state index in [1.54, 1.807) is 35.2 Å². The van der Waals surface area contributed by atoms with E-state index in [9.17, 15) is 14.3 Å². The molecule has 0 saturated heterocycles. The van der Waals surface area contributed by atoms with Crippen LogP contribution in [0.15, 0.2) is 53.7 Å². The molecule has 0 bridgehead atoms. The van der Waals surface area contributed by atoms with Crippen LogP contribution in [0.4, 0.5) is 4.39 Å². The molecule has 2 atom stereocenters. The lowest BCUT2D eigenvalue weighted by molar-refractivity contribution is 0.147. The fraction of sp³-hybridized carbons (Fsp3) is 0.182. The Morgan fingerprint density at radius 2 is 2.00 bits per heavy atom. The fourth-order valence-electron chi connectivity index (χ4n) is 4.49. The second kappa shape index (κ2) is 6.98. The predicted molar refractivity (Wildman–Crippen MR) is 117 cm³/mol. The third kappa shape index (κ3) is 2.85. The standard InChI is InChI=1S/C22H16ClFN6O2/c23-11-1-4-15-18(7-11)29(10-26-15)21-25-9-16-20(28-21)30(22(32)27-16)17-5-6-19(31)13-3-2-12(24)8-14(13)17/h1-4,7-10,17,19,31H,5-6H2,(H,27,32)/t17?,19-/m1/s1. The van der Waals surface area contributed by atoms with E-state index in [1.165, 1.54) is 22.9 Å². The maximum atomic E-state index is 14.1. The van der Waals surface area contributed by atoms with Crippen LogP contribution in [0.25, 0.3) is 28.1 Å². The minimum absolute atomic E-state index is 0.324. The number of hydrogen-bond donors (Lipinski definition) is 2. The third-order valence-electron chi connectivity index (χ3n) is 5.96. The second-order valence-corrected chi connectivity index (χ2v) is 8.27. The number of aromatic amines is 1. The van der Waals surface area contributed by atoms with Gasteiger partial charge < -0.3 is 10.1 Å². The lowest BCUT2D eigenvalue weighted by atomic mass is 9.85. The Morgan fingerprint density at radius 3 is 2.88 bits per heavy atom. The number of hydrogen-bond acceptors (Lipinski definition) is 5. The predicted octanol–water partition coefficient (Wildman–Crippen LogP) is 3.67. The Bertz CT molecular complexity index is 1570. The zero-order chi connectivity index (χ0) is 22.0. The molecule has 1 aliphatic rings. The van der Waals surface area contributed by atoms with Gasteiger partial charge in [-0.25, -0.2) is 19.2 Å². The van der Waals surface area contributed by atoms with Gasteiger partial charge in [0.25, 0.3) is 0 Å². The number of halogens is 2. The van der Waals surface area contributed by atoms with E-state index in [4.69, 9.17) is 11.6 Å². The van der Waals surface area contributed by atoms with Crippen LogP contribution in [0.3, 0.4) is 0 Å². The minimum atomic E-state index is -0.699. The smallest absolute Gasteiger partial charge is 0.328 e. The molecule has 1 aliphatic carbocycles. The highest BCUT2D eigenvalue weighted by Crippen LogP contribution is 2.39. The second-order valence-electron chi connectivity index (χ2n) is 7.84. The molecule has 6 rings (SSSR count). The summed E-state index contributed by atoms with van der Waals surface area (Å²) in [6.45, 7) is 0. The van der Waals surface area contributed by atoms with Crippen LogP contribution < -0.4 is 5.69 Å². The van der Waals surface area contributed by atoms with E-state index < -0.39 is 18.0 Å². The number of aliphatic hydroxyl groups excluding tert-OH is 1. The normalized spacial score (nSPS) is 18.3. The first-order chi connectivity index (χ1) is 15.5. The number of fused-ring (bicyclic) bond motifs is 3.